The van der Waals surface area contributed by atoms with Gasteiger partial charge in [-0.1, -0.05) is 11.8 Å². The highest BCUT2D eigenvalue weighted by molar-refractivity contribution is 7.99. The third-order valence-electron chi connectivity index (χ3n) is 1.85. The third kappa shape index (κ3) is 2.27. The molecule has 3 nitrogen and oxygen atoms in total. The molecule has 1 saturated heterocycles. The van der Waals surface area contributed by atoms with Gasteiger partial charge in [0.15, 0.2) is 0 Å². The van der Waals surface area contributed by atoms with Gasteiger partial charge in [-0.3, -0.25) is 0 Å². The van der Waals surface area contributed by atoms with Crippen LogP contribution in [0.2, 0.25) is 0 Å². The van der Waals surface area contributed by atoms with E-state index in [0.29, 0.717) is 19.8 Å². The van der Waals surface area contributed by atoms with Gasteiger partial charge < -0.3 is 13.9 Å². The Morgan fingerprint density at radius 1 is 1.46 bits per heavy atom. The van der Waals surface area contributed by atoms with Gasteiger partial charge in [-0.2, -0.15) is 0 Å². The summed E-state index contributed by atoms with van der Waals surface area (Å²) >= 11 is 1.66. The Balaban J connectivity index is 1.93. The first kappa shape index (κ1) is 9.12. The second-order valence-corrected chi connectivity index (χ2v) is 4.04. The van der Waals surface area contributed by atoms with Crippen LogP contribution in [0, 0.1) is 6.92 Å². The van der Waals surface area contributed by atoms with Crippen molar-refractivity contribution in [2.75, 3.05) is 19.8 Å². The van der Waals surface area contributed by atoms with E-state index in [1.807, 2.05) is 13.0 Å². The summed E-state index contributed by atoms with van der Waals surface area (Å²) < 4.78 is 16.0. The molecule has 2 rings (SSSR count). The van der Waals surface area contributed by atoms with E-state index in [2.05, 4.69) is 0 Å². The average molecular weight is 200 g/mol. The van der Waals surface area contributed by atoms with E-state index >= 15 is 0 Å². The normalized spacial score (nSPS) is 23.3. The fourth-order valence-corrected chi connectivity index (χ4v) is 2.13. The molecule has 1 aliphatic heterocycles. The maximum atomic E-state index is 5.50. The molecule has 13 heavy (non-hydrogen) atoms. The van der Waals surface area contributed by atoms with Crippen molar-refractivity contribution < 1.29 is 13.9 Å². The standard InChI is InChI=1S/C9H12O3S/c1-7-8(2-3-11-7)13-9-6-10-4-5-12-9/h2-3,9H,4-6H2,1H3. The lowest BCUT2D eigenvalue weighted by atomic mass is 10.5. The summed E-state index contributed by atoms with van der Waals surface area (Å²) in [6.45, 7) is 4.01. The van der Waals surface area contributed by atoms with Crippen LogP contribution in [0.1, 0.15) is 5.76 Å². The van der Waals surface area contributed by atoms with Crippen LogP contribution < -0.4 is 0 Å². The number of aryl methyl sites for hydroxylation is 1. The summed E-state index contributed by atoms with van der Waals surface area (Å²) in [6.07, 6.45) is 1.70. The van der Waals surface area contributed by atoms with Crippen LogP contribution in [0.25, 0.3) is 0 Å². The number of hydrogen-bond acceptors (Lipinski definition) is 4. The van der Waals surface area contributed by atoms with E-state index in [-0.39, 0.29) is 5.44 Å². The maximum absolute atomic E-state index is 5.50. The minimum atomic E-state index is 0.116. The topological polar surface area (TPSA) is 31.6 Å². The zero-order valence-corrected chi connectivity index (χ0v) is 8.30. The first-order valence-corrected chi connectivity index (χ1v) is 5.14. The monoisotopic (exact) mass is 200 g/mol. The molecule has 2 heterocycles. The van der Waals surface area contributed by atoms with Gasteiger partial charge in [0, 0.05) is 0 Å². The molecule has 0 aromatic carbocycles. The molecule has 0 amide bonds. The molecule has 0 bridgehead atoms. The van der Waals surface area contributed by atoms with Gasteiger partial charge in [0.25, 0.3) is 0 Å². The third-order valence-corrected chi connectivity index (χ3v) is 3.07. The van der Waals surface area contributed by atoms with Crippen LogP contribution in [-0.4, -0.2) is 25.3 Å². The van der Waals surface area contributed by atoms with Crippen LogP contribution in [0.3, 0.4) is 0 Å². The minimum Gasteiger partial charge on any atom is -0.468 e. The highest BCUT2D eigenvalue weighted by Gasteiger charge is 2.17. The zero-order chi connectivity index (χ0) is 9.10. The van der Waals surface area contributed by atoms with Crippen molar-refractivity contribution in [3.8, 4) is 0 Å². The summed E-state index contributed by atoms with van der Waals surface area (Å²) in [4.78, 5) is 1.13. The van der Waals surface area contributed by atoms with E-state index in [1.54, 1.807) is 18.0 Å². The van der Waals surface area contributed by atoms with E-state index in [1.165, 1.54) is 0 Å². The van der Waals surface area contributed by atoms with Crippen LogP contribution in [0.15, 0.2) is 21.6 Å². The summed E-state index contributed by atoms with van der Waals surface area (Å²) in [7, 11) is 0. The highest BCUT2D eigenvalue weighted by atomic mass is 32.2. The largest absolute Gasteiger partial charge is 0.468 e. The number of thioether (sulfide) groups is 1. The first-order valence-electron chi connectivity index (χ1n) is 4.26. The molecule has 0 aliphatic carbocycles. The van der Waals surface area contributed by atoms with E-state index in [9.17, 15) is 0 Å². The van der Waals surface area contributed by atoms with Crippen LogP contribution in [0.4, 0.5) is 0 Å². The second-order valence-electron chi connectivity index (χ2n) is 2.83. The second kappa shape index (κ2) is 4.17. The molecule has 4 heteroatoms. The molecule has 0 saturated carbocycles. The quantitative estimate of drug-likeness (QED) is 0.731. The number of furan rings is 1. The van der Waals surface area contributed by atoms with Gasteiger partial charge in [0.1, 0.15) is 11.2 Å². The Morgan fingerprint density at radius 2 is 2.38 bits per heavy atom. The molecule has 0 spiro atoms. The molecule has 1 aromatic heterocycles. The maximum Gasteiger partial charge on any atom is 0.131 e. The van der Waals surface area contributed by atoms with Gasteiger partial charge in [0.05, 0.1) is 31.0 Å². The van der Waals surface area contributed by atoms with Gasteiger partial charge in [-0.05, 0) is 13.0 Å². The van der Waals surface area contributed by atoms with Crippen molar-refractivity contribution in [1.82, 2.24) is 0 Å². The van der Waals surface area contributed by atoms with E-state index in [4.69, 9.17) is 13.9 Å². The number of rotatable bonds is 2. The minimum absolute atomic E-state index is 0.116. The lowest BCUT2D eigenvalue weighted by molar-refractivity contribution is -0.0498. The molecule has 1 aromatic rings. The van der Waals surface area contributed by atoms with Crippen LogP contribution in [0.5, 0.6) is 0 Å². The van der Waals surface area contributed by atoms with Crippen LogP contribution >= 0.6 is 11.8 Å². The molecule has 1 fully saturated rings. The highest BCUT2D eigenvalue weighted by Crippen LogP contribution is 2.29. The van der Waals surface area contributed by atoms with Crippen molar-refractivity contribution in [3.63, 3.8) is 0 Å². The van der Waals surface area contributed by atoms with Crippen molar-refractivity contribution in [2.45, 2.75) is 17.3 Å². The summed E-state index contributed by atoms with van der Waals surface area (Å²) in [5.41, 5.74) is 0.116. The fourth-order valence-electron chi connectivity index (χ4n) is 1.17. The summed E-state index contributed by atoms with van der Waals surface area (Å²) in [5.74, 6) is 0.944. The Labute approximate surface area is 81.4 Å². The summed E-state index contributed by atoms with van der Waals surface area (Å²) in [6, 6.07) is 1.96. The van der Waals surface area contributed by atoms with E-state index < -0.39 is 0 Å². The van der Waals surface area contributed by atoms with Crippen molar-refractivity contribution in [2.24, 2.45) is 0 Å². The summed E-state index contributed by atoms with van der Waals surface area (Å²) in [5, 5.41) is 0. The Hall–Kier alpha value is -0.450. The first-order chi connectivity index (χ1) is 6.36. The molecule has 1 unspecified atom stereocenters. The predicted molar refractivity (Wildman–Crippen MR) is 49.9 cm³/mol. The van der Waals surface area contributed by atoms with Gasteiger partial charge in [-0.25, -0.2) is 0 Å². The predicted octanol–water partition coefficient (Wildman–Crippen LogP) is 2.05. The Bertz CT molecular complexity index is 266. The lowest BCUT2D eigenvalue weighted by Crippen LogP contribution is -2.25. The molecule has 0 radical (unpaired) electrons. The lowest BCUT2D eigenvalue weighted by Gasteiger charge is -2.21. The van der Waals surface area contributed by atoms with Crippen molar-refractivity contribution >= 4 is 11.8 Å². The molecule has 1 atom stereocenters. The van der Waals surface area contributed by atoms with Gasteiger partial charge in [-0.15, -0.1) is 0 Å². The Kier molecular flexibility index (Phi) is 2.93. The SMILES string of the molecule is Cc1occc1SC1COCCO1. The zero-order valence-electron chi connectivity index (χ0n) is 7.49. The van der Waals surface area contributed by atoms with Crippen LogP contribution in [-0.2, 0) is 9.47 Å². The Morgan fingerprint density at radius 3 is 3.00 bits per heavy atom. The number of hydrogen-bond donors (Lipinski definition) is 0. The smallest absolute Gasteiger partial charge is 0.131 e. The molecule has 0 N–H and O–H groups in total. The molecular formula is C9H12O3S. The van der Waals surface area contributed by atoms with Gasteiger partial charge >= 0.3 is 0 Å². The number of ether oxygens (including phenoxy) is 2. The molecular weight excluding hydrogens is 188 g/mol. The van der Waals surface area contributed by atoms with Crippen molar-refractivity contribution in [1.29, 1.82) is 0 Å². The average Bonchev–Trinajstić information content (AvgIpc) is 2.54. The molecule has 1 aliphatic rings. The molecule has 72 valence electrons. The fraction of sp³-hybridized carbons (Fsp3) is 0.556. The van der Waals surface area contributed by atoms with E-state index in [0.717, 1.165) is 10.7 Å². The van der Waals surface area contributed by atoms with Gasteiger partial charge in [0.2, 0.25) is 0 Å². The van der Waals surface area contributed by atoms with Crippen molar-refractivity contribution in [3.05, 3.63) is 18.1 Å².